The standard InChI is InChI=1S/C13H19F5O4/c1-4-9(8(2)3)22-11(20)6-5-10(19)21-7-12(14,15)13(16,17)18/h8-9H,4-7H2,1-3H3. The first-order valence-electron chi connectivity index (χ1n) is 6.70. The third-order valence-corrected chi connectivity index (χ3v) is 2.79. The lowest BCUT2D eigenvalue weighted by molar-refractivity contribution is -0.294. The van der Waals surface area contributed by atoms with Crippen LogP contribution in [0, 0.1) is 5.92 Å². The zero-order valence-corrected chi connectivity index (χ0v) is 12.5. The number of hydrogen-bond donors (Lipinski definition) is 0. The van der Waals surface area contributed by atoms with E-state index in [0.29, 0.717) is 6.42 Å². The molecule has 130 valence electrons. The zero-order valence-electron chi connectivity index (χ0n) is 12.5. The van der Waals surface area contributed by atoms with E-state index in [1.807, 2.05) is 13.8 Å². The normalized spacial score (nSPS) is 13.9. The number of hydrogen-bond acceptors (Lipinski definition) is 4. The first kappa shape index (κ1) is 20.6. The van der Waals surface area contributed by atoms with Crippen LogP contribution in [0.5, 0.6) is 0 Å². The number of ether oxygens (including phenoxy) is 2. The molecule has 0 aliphatic rings. The van der Waals surface area contributed by atoms with Crippen molar-refractivity contribution in [2.24, 2.45) is 5.92 Å². The average molecular weight is 334 g/mol. The van der Waals surface area contributed by atoms with E-state index in [2.05, 4.69) is 4.74 Å². The van der Waals surface area contributed by atoms with E-state index >= 15 is 0 Å². The Morgan fingerprint density at radius 3 is 1.91 bits per heavy atom. The van der Waals surface area contributed by atoms with Crippen molar-refractivity contribution in [1.82, 2.24) is 0 Å². The first-order valence-corrected chi connectivity index (χ1v) is 6.70. The van der Waals surface area contributed by atoms with Crippen molar-refractivity contribution < 1.29 is 41.0 Å². The molecule has 0 amide bonds. The molecule has 4 nitrogen and oxygen atoms in total. The van der Waals surface area contributed by atoms with Crippen LogP contribution in [0.25, 0.3) is 0 Å². The highest BCUT2D eigenvalue weighted by Gasteiger charge is 2.58. The summed E-state index contributed by atoms with van der Waals surface area (Å²) >= 11 is 0. The molecular weight excluding hydrogens is 315 g/mol. The minimum Gasteiger partial charge on any atom is -0.462 e. The third kappa shape index (κ3) is 7.04. The van der Waals surface area contributed by atoms with Gasteiger partial charge in [-0.2, -0.15) is 22.0 Å². The van der Waals surface area contributed by atoms with Gasteiger partial charge in [-0.3, -0.25) is 9.59 Å². The van der Waals surface area contributed by atoms with Gasteiger partial charge in [-0.25, -0.2) is 0 Å². The quantitative estimate of drug-likeness (QED) is 0.504. The molecule has 0 aromatic rings. The molecule has 0 bridgehead atoms. The monoisotopic (exact) mass is 334 g/mol. The highest BCUT2D eigenvalue weighted by atomic mass is 19.4. The van der Waals surface area contributed by atoms with Crippen molar-refractivity contribution in [2.45, 2.75) is 58.2 Å². The van der Waals surface area contributed by atoms with Crippen LogP contribution in [0.2, 0.25) is 0 Å². The second-order valence-corrected chi connectivity index (χ2v) is 5.04. The Labute approximate surface area is 124 Å². The summed E-state index contributed by atoms with van der Waals surface area (Å²) in [5, 5.41) is 0. The van der Waals surface area contributed by atoms with Gasteiger partial charge in [0.1, 0.15) is 6.10 Å². The first-order chi connectivity index (χ1) is 9.90. The summed E-state index contributed by atoms with van der Waals surface area (Å²) in [6, 6.07) is 0. The second kappa shape index (κ2) is 8.28. The molecule has 0 radical (unpaired) electrons. The van der Waals surface area contributed by atoms with Crippen molar-refractivity contribution in [3.05, 3.63) is 0 Å². The maximum absolute atomic E-state index is 12.5. The topological polar surface area (TPSA) is 52.6 Å². The highest BCUT2D eigenvalue weighted by Crippen LogP contribution is 2.35. The van der Waals surface area contributed by atoms with E-state index < -0.39 is 43.5 Å². The van der Waals surface area contributed by atoms with Gasteiger partial charge in [0.25, 0.3) is 0 Å². The van der Waals surface area contributed by atoms with Crippen molar-refractivity contribution in [3.8, 4) is 0 Å². The molecule has 0 aliphatic carbocycles. The summed E-state index contributed by atoms with van der Waals surface area (Å²) < 4.78 is 69.4. The fraction of sp³-hybridized carbons (Fsp3) is 0.846. The lowest BCUT2D eigenvalue weighted by atomic mass is 10.1. The van der Waals surface area contributed by atoms with Crippen molar-refractivity contribution in [1.29, 1.82) is 0 Å². The lowest BCUT2D eigenvalue weighted by Crippen LogP contribution is -2.41. The summed E-state index contributed by atoms with van der Waals surface area (Å²) in [6.07, 6.45) is -6.65. The molecule has 1 atom stereocenters. The van der Waals surface area contributed by atoms with Crippen LogP contribution in [-0.4, -0.2) is 36.7 Å². The summed E-state index contributed by atoms with van der Waals surface area (Å²) in [6.45, 7) is 3.35. The maximum atomic E-state index is 12.5. The smallest absolute Gasteiger partial charge is 0.456 e. The van der Waals surface area contributed by atoms with Gasteiger partial charge in [0.2, 0.25) is 0 Å². The predicted octanol–water partition coefficient (Wildman–Crippen LogP) is 3.49. The SMILES string of the molecule is CCC(OC(=O)CCC(=O)OCC(F)(F)C(F)(F)F)C(C)C. The third-order valence-electron chi connectivity index (χ3n) is 2.79. The van der Waals surface area contributed by atoms with E-state index in [9.17, 15) is 31.5 Å². The molecule has 0 aliphatic heterocycles. The highest BCUT2D eigenvalue weighted by molar-refractivity contribution is 5.77. The second-order valence-electron chi connectivity index (χ2n) is 5.04. The number of carbonyl (C=O) groups excluding carboxylic acids is 2. The molecular formula is C13H19F5O4. The molecule has 0 aromatic heterocycles. The number of esters is 2. The fourth-order valence-corrected chi connectivity index (χ4v) is 1.45. The van der Waals surface area contributed by atoms with E-state index in [4.69, 9.17) is 4.74 Å². The Hall–Kier alpha value is -1.41. The van der Waals surface area contributed by atoms with Gasteiger partial charge >= 0.3 is 24.0 Å². The molecule has 0 rings (SSSR count). The fourth-order valence-electron chi connectivity index (χ4n) is 1.45. The summed E-state index contributed by atoms with van der Waals surface area (Å²) in [5.41, 5.74) is 0. The van der Waals surface area contributed by atoms with Crippen LogP contribution in [0.15, 0.2) is 0 Å². The number of halogens is 5. The van der Waals surface area contributed by atoms with Gasteiger partial charge in [0.05, 0.1) is 12.8 Å². The van der Waals surface area contributed by atoms with Gasteiger partial charge in [-0.1, -0.05) is 20.8 Å². The maximum Gasteiger partial charge on any atom is 0.456 e. The molecule has 0 heterocycles. The van der Waals surface area contributed by atoms with Crippen molar-refractivity contribution in [3.63, 3.8) is 0 Å². The van der Waals surface area contributed by atoms with Crippen LogP contribution in [-0.2, 0) is 19.1 Å². The largest absolute Gasteiger partial charge is 0.462 e. The molecule has 1 unspecified atom stereocenters. The van der Waals surface area contributed by atoms with Gasteiger partial charge in [-0.05, 0) is 12.3 Å². The number of carbonyl (C=O) groups is 2. The molecule has 0 saturated carbocycles. The molecule has 0 spiro atoms. The Morgan fingerprint density at radius 1 is 1.00 bits per heavy atom. The molecule has 0 saturated heterocycles. The molecule has 9 heteroatoms. The summed E-state index contributed by atoms with van der Waals surface area (Å²) in [7, 11) is 0. The van der Waals surface area contributed by atoms with E-state index in [0.717, 1.165) is 0 Å². The summed E-state index contributed by atoms with van der Waals surface area (Å²) in [5.74, 6) is -7.11. The minimum absolute atomic E-state index is 0.0615. The van der Waals surface area contributed by atoms with E-state index in [1.54, 1.807) is 6.92 Å². The van der Waals surface area contributed by atoms with E-state index in [1.165, 1.54) is 0 Å². The van der Waals surface area contributed by atoms with Gasteiger partial charge < -0.3 is 9.47 Å². The predicted molar refractivity (Wildman–Crippen MR) is 66.2 cm³/mol. The molecule has 0 fully saturated rings. The van der Waals surface area contributed by atoms with Crippen molar-refractivity contribution >= 4 is 11.9 Å². The lowest BCUT2D eigenvalue weighted by Gasteiger charge is -2.20. The zero-order chi connectivity index (χ0) is 17.6. The van der Waals surface area contributed by atoms with Gasteiger partial charge in [0, 0.05) is 0 Å². The Bertz CT molecular complexity index is 379. The molecule has 22 heavy (non-hydrogen) atoms. The Balaban J connectivity index is 4.17. The van der Waals surface area contributed by atoms with Crippen LogP contribution < -0.4 is 0 Å². The molecule has 0 aromatic carbocycles. The Morgan fingerprint density at radius 2 is 1.50 bits per heavy atom. The van der Waals surface area contributed by atoms with Crippen LogP contribution in [0.1, 0.15) is 40.0 Å². The number of alkyl halides is 5. The Kier molecular flexibility index (Phi) is 7.75. The van der Waals surface area contributed by atoms with Crippen LogP contribution in [0.3, 0.4) is 0 Å². The molecule has 0 N–H and O–H groups in total. The van der Waals surface area contributed by atoms with Gasteiger partial charge in [0.15, 0.2) is 6.61 Å². The average Bonchev–Trinajstić information content (AvgIpc) is 2.38. The van der Waals surface area contributed by atoms with E-state index in [-0.39, 0.29) is 12.0 Å². The number of rotatable bonds is 8. The summed E-state index contributed by atoms with van der Waals surface area (Å²) in [4.78, 5) is 22.5. The van der Waals surface area contributed by atoms with Crippen LogP contribution in [0.4, 0.5) is 22.0 Å². The van der Waals surface area contributed by atoms with Gasteiger partial charge in [-0.15, -0.1) is 0 Å². The van der Waals surface area contributed by atoms with Crippen LogP contribution >= 0.6 is 0 Å². The minimum atomic E-state index is -5.79. The van der Waals surface area contributed by atoms with Crippen molar-refractivity contribution in [2.75, 3.05) is 6.61 Å².